The van der Waals surface area contributed by atoms with E-state index in [0.29, 0.717) is 6.61 Å². The van der Waals surface area contributed by atoms with Crippen molar-refractivity contribution in [3.63, 3.8) is 0 Å². The van der Waals surface area contributed by atoms with Crippen molar-refractivity contribution in [1.29, 1.82) is 0 Å². The third kappa shape index (κ3) is 2.81. The Kier molecular flexibility index (Phi) is 3.53. The van der Waals surface area contributed by atoms with Gasteiger partial charge in [-0.1, -0.05) is 12.8 Å². The van der Waals surface area contributed by atoms with Crippen molar-refractivity contribution in [3.05, 3.63) is 0 Å². The van der Waals surface area contributed by atoms with E-state index in [1.54, 1.807) is 7.05 Å². The predicted molar refractivity (Wildman–Crippen MR) is 46.8 cm³/mol. The van der Waals surface area contributed by atoms with Crippen LogP contribution in [0.1, 0.15) is 26.2 Å². The Labute approximate surface area is 73.5 Å². The summed E-state index contributed by atoms with van der Waals surface area (Å²) in [7, 11) is 1.65. The summed E-state index contributed by atoms with van der Waals surface area (Å²) in [6, 6.07) is 0. The fourth-order valence-electron chi connectivity index (χ4n) is 1.27. The molecule has 0 radical (unpaired) electrons. The molecule has 0 aromatic rings. The number of hydrogen-bond acceptors (Lipinski definition) is 2. The monoisotopic (exact) mass is 171 g/mol. The molecule has 0 saturated heterocycles. The number of carbonyl (C=O) groups is 1. The Morgan fingerprint density at radius 2 is 2.33 bits per heavy atom. The molecule has 3 nitrogen and oxygen atoms in total. The highest BCUT2D eigenvalue weighted by Crippen LogP contribution is 2.34. The second-order valence-corrected chi connectivity index (χ2v) is 3.24. The van der Waals surface area contributed by atoms with E-state index >= 15 is 0 Å². The van der Waals surface area contributed by atoms with Gasteiger partial charge in [0, 0.05) is 13.7 Å². The number of carbonyl (C=O) groups excluding carboxylic acids is 1. The van der Waals surface area contributed by atoms with Crippen molar-refractivity contribution in [2.24, 2.45) is 5.92 Å². The molecule has 0 heterocycles. The van der Waals surface area contributed by atoms with E-state index in [-0.39, 0.29) is 12.0 Å². The molecule has 1 aliphatic rings. The predicted octanol–water partition coefficient (Wildman–Crippen LogP) is 0.938. The molecule has 12 heavy (non-hydrogen) atoms. The van der Waals surface area contributed by atoms with Gasteiger partial charge in [0.2, 0.25) is 5.91 Å². The van der Waals surface area contributed by atoms with E-state index in [1.807, 2.05) is 6.92 Å². The highest BCUT2D eigenvalue weighted by Gasteiger charge is 2.28. The van der Waals surface area contributed by atoms with Crippen LogP contribution < -0.4 is 5.32 Å². The molecule has 0 bridgehead atoms. The van der Waals surface area contributed by atoms with Crippen LogP contribution in [-0.4, -0.2) is 25.7 Å². The first kappa shape index (κ1) is 9.52. The van der Waals surface area contributed by atoms with E-state index in [4.69, 9.17) is 4.74 Å². The third-order valence-corrected chi connectivity index (χ3v) is 2.15. The van der Waals surface area contributed by atoms with Crippen molar-refractivity contribution in [3.8, 4) is 0 Å². The number of rotatable bonds is 5. The molecular formula is C9H17NO2. The second kappa shape index (κ2) is 4.45. The van der Waals surface area contributed by atoms with Gasteiger partial charge in [-0.05, 0) is 19.3 Å². The largest absolute Gasteiger partial charge is 0.369 e. The van der Waals surface area contributed by atoms with Crippen LogP contribution in [-0.2, 0) is 9.53 Å². The Balaban J connectivity index is 2.30. The van der Waals surface area contributed by atoms with Gasteiger partial charge in [0.1, 0.15) is 6.10 Å². The molecule has 3 heteroatoms. The molecule has 0 aromatic carbocycles. The first-order valence-electron chi connectivity index (χ1n) is 4.61. The fraction of sp³-hybridized carbons (Fsp3) is 0.889. The molecule has 1 rings (SSSR count). The lowest BCUT2D eigenvalue weighted by atomic mass is 10.1. The lowest BCUT2D eigenvalue weighted by Crippen LogP contribution is -2.34. The summed E-state index contributed by atoms with van der Waals surface area (Å²) in [6.45, 7) is 2.54. The molecule has 1 fully saturated rings. The standard InChI is InChI=1S/C9H17NO2/c1-3-12-8(9(11)10-2)6-7-4-5-7/h7-8H,3-6H2,1-2H3,(H,10,11). The molecule has 1 aliphatic carbocycles. The van der Waals surface area contributed by atoms with Crippen molar-refractivity contribution >= 4 is 5.91 Å². The van der Waals surface area contributed by atoms with Gasteiger partial charge in [-0.15, -0.1) is 0 Å². The Bertz CT molecular complexity index is 155. The number of ether oxygens (including phenoxy) is 1. The maximum Gasteiger partial charge on any atom is 0.248 e. The zero-order valence-electron chi connectivity index (χ0n) is 7.80. The minimum absolute atomic E-state index is 0.0174. The highest BCUT2D eigenvalue weighted by atomic mass is 16.5. The maximum atomic E-state index is 11.2. The third-order valence-electron chi connectivity index (χ3n) is 2.15. The van der Waals surface area contributed by atoms with E-state index in [0.717, 1.165) is 12.3 Å². The zero-order chi connectivity index (χ0) is 8.97. The van der Waals surface area contributed by atoms with Gasteiger partial charge in [-0.3, -0.25) is 4.79 Å². The van der Waals surface area contributed by atoms with Gasteiger partial charge >= 0.3 is 0 Å². The van der Waals surface area contributed by atoms with Crippen LogP contribution in [0.25, 0.3) is 0 Å². The van der Waals surface area contributed by atoms with Crippen molar-refractivity contribution in [1.82, 2.24) is 5.32 Å². The number of hydrogen-bond donors (Lipinski definition) is 1. The van der Waals surface area contributed by atoms with Gasteiger partial charge in [-0.2, -0.15) is 0 Å². The number of likely N-dealkylation sites (N-methyl/N-ethyl adjacent to an activating group) is 1. The topological polar surface area (TPSA) is 38.3 Å². The molecule has 1 saturated carbocycles. The van der Waals surface area contributed by atoms with E-state index in [1.165, 1.54) is 12.8 Å². The van der Waals surface area contributed by atoms with Gasteiger partial charge < -0.3 is 10.1 Å². The van der Waals surface area contributed by atoms with E-state index in [9.17, 15) is 4.79 Å². The fourth-order valence-corrected chi connectivity index (χ4v) is 1.27. The van der Waals surface area contributed by atoms with E-state index in [2.05, 4.69) is 5.32 Å². The van der Waals surface area contributed by atoms with Gasteiger partial charge in [-0.25, -0.2) is 0 Å². The summed E-state index contributed by atoms with van der Waals surface area (Å²) >= 11 is 0. The van der Waals surface area contributed by atoms with Crippen LogP contribution in [0.15, 0.2) is 0 Å². The van der Waals surface area contributed by atoms with Crippen molar-refractivity contribution in [2.45, 2.75) is 32.3 Å². The van der Waals surface area contributed by atoms with Gasteiger partial charge in [0.05, 0.1) is 0 Å². The summed E-state index contributed by atoms with van der Waals surface area (Å²) < 4.78 is 5.33. The molecule has 1 atom stereocenters. The van der Waals surface area contributed by atoms with Gasteiger partial charge in [0.15, 0.2) is 0 Å². The van der Waals surface area contributed by atoms with Crippen LogP contribution in [0.2, 0.25) is 0 Å². The maximum absolute atomic E-state index is 11.2. The number of nitrogens with one attached hydrogen (secondary N) is 1. The average Bonchev–Trinajstić information content (AvgIpc) is 2.86. The molecule has 1 unspecified atom stereocenters. The first-order chi connectivity index (χ1) is 5.77. The highest BCUT2D eigenvalue weighted by molar-refractivity contribution is 5.80. The smallest absolute Gasteiger partial charge is 0.248 e. The molecule has 1 amide bonds. The summed E-state index contributed by atoms with van der Waals surface area (Å²) in [5, 5.41) is 2.62. The first-order valence-corrected chi connectivity index (χ1v) is 4.61. The lowest BCUT2D eigenvalue weighted by molar-refractivity contribution is -0.132. The second-order valence-electron chi connectivity index (χ2n) is 3.24. The average molecular weight is 171 g/mol. The molecular weight excluding hydrogens is 154 g/mol. The van der Waals surface area contributed by atoms with Crippen LogP contribution in [0.3, 0.4) is 0 Å². The molecule has 70 valence electrons. The summed E-state index contributed by atoms with van der Waals surface area (Å²) in [5.41, 5.74) is 0. The van der Waals surface area contributed by atoms with Crippen molar-refractivity contribution < 1.29 is 9.53 Å². The normalized spacial score (nSPS) is 18.8. The van der Waals surface area contributed by atoms with Gasteiger partial charge in [0.25, 0.3) is 0 Å². The van der Waals surface area contributed by atoms with Crippen LogP contribution >= 0.6 is 0 Å². The molecule has 0 spiro atoms. The minimum atomic E-state index is -0.215. The van der Waals surface area contributed by atoms with Crippen LogP contribution in [0.5, 0.6) is 0 Å². The van der Waals surface area contributed by atoms with Crippen LogP contribution in [0, 0.1) is 5.92 Å². The Morgan fingerprint density at radius 1 is 1.67 bits per heavy atom. The molecule has 0 aliphatic heterocycles. The molecule has 0 aromatic heterocycles. The summed E-state index contributed by atoms with van der Waals surface area (Å²) in [6.07, 6.45) is 3.21. The zero-order valence-corrected chi connectivity index (χ0v) is 7.80. The molecule has 1 N–H and O–H groups in total. The Morgan fingerprint density at radius 3 is 2.75 bits per heavy atom. The minimum Gasteiger partial charge on any atom is -0.369 e. The Hall–Kier alpha value is -0.570. The lowest BCUT2D eigenvalue weighted by Gasteiger charge is -2.14. The van der Waals surface area contributed by atoms with Crippen LogP contribution in [0.4, 0.5) is 0 Å². The van der Waals surface area contributed by atoms with Crippen molar-refractivity contribution in [2.75, 3.05) is 13.7 Å². The summed E-state index contributed by atoms with van der Waals surface area (Å²) in [5.74, 6) is 0.752. The number of amides is 1. The van der Waals surface area contributed by atoms with E-state index < -0.39 is 0 Å². The summed E-state index contributed by atoms with van der Waals surface area (Å²) in [4.78, 5) is 11.2. The quantitative estimate of drug-likeness (QED) is 0.668. The SMILES string of the molecule is CCOC(CC1CC1)C(=O)NC.